The molecule has 2 heteroatoms. The van der Waals surface area contributed by atoms with Crippen LogP contribution in [0.4, 0.5) is 10.1 Å². The Morgan fingerprint density at radius 2 is 2.05 bits per heavy atom. The van der Waals surface area contributed by atoms with Gasteiger partial charge in [-0.3, -0.25) is 0 Å². The van der Waals surface area contributed by atoms with Crippen molar-refractivity contribution in [2.75, 3.05) is 11.9 Å². The molecule has 20 heavy (non-hydrogen) atoms. The van der Waals surface area contributed by atoms with Gasteiger partial charge in [-0.2, -0.15) is 0 Å². The molecule has 0 saturated heterocycles. The van der Waals surface area contributed by atoms with Crippen LogP contribution in [0.25, 0.3) is 0 Å². The van der Waals surface area contributed by atoms with Gasteiger partial charge in [0, 0.05) is 12.5 Å². The van der Waals surface area contributed by atoms with Gasteiger partial charge in [0.15, 0.2) is 0 Å². The molecule has 104 valence electrons. The molecule has 0 saturated carbocycles. The molecule has 0 amide bonds. The highest BCUT2D eigenvalue weighted by atomic mass is 19.1. The third kappa shape index (κ3) is 2.69. The molecular formula is C18H20FN. The van der Waals surface area contributed by atoms with Crippen LogP contribution in [0, 0.1) is 12.7 Å². The van der Waals surface area contributed by atoms with Crippen LogP contribution in [-0.4, -0.2) is 6.54 Å². The van der Waals surface area contributed by atoms with Gasteiger partial charge in [-0.1, -0.05) is 30.3 Å². The lowest BCUT2D eigenvalue weighted by Gasteiger charge is -2.26. The number of fused-ring (bicyclic) bond motifs is 1. The second-order valence-electron chi connectivity index (χ2n) is 5.65. The van der Waals surface area contributed by atoms with E-state index in [0.717, 1.165) is 12.1 Å². The minimum Gasteiger partial charge on any atom is -0.382 e. The maximum Gasteiger partial charge on any atom is 0.146 e. The number of hydrogen-bond donors (Lipinski definition) is 1. The molecule has 0 radical (unpaired) electrons. The summed E-state index contributed by atoms with van der Waals surface area (Å²) in [7, 11) is 0. The number of aryl methyl sites for hydroxylation is 2. The molecule has 0 spiro atoms. The largest absolute Gasteiger partial charge is 0.382 e. The van der Waals surface area contributed by atoms with E-state index in [0.29, 0.717) is 11.6 Å². The van der Waals surface area contributed by atoms with E-state index in [1.807, 2.05) is 19.1 Å². The fourth-order valence-corrected chi connectivity index (χ4v) is 3.06. The Hall–Kier alpha value is -1.83. The Bertz CT molecular complexity index is 606. The lowest BCUT2D eigenvalue weighted by atomic mass is 9.83. The standard InChI is InChI=1S/C18H20FN/c1-13-9-10-18(17(19)11-13)20-12-15-7-4-6-14-5-2-3-8-16(14)15/h2-3,5,8-11,15,20H,4,6-7,12H2,1H3. The van der Waals surface area contributed by atoms with Gasteiger partial charge in [-0.25, -0.2) is 4.39 Å². The fraction of sp³-hybridized carbons (Fsp3) is 0.333. The Morgan fingerprint density at radius 3 is 2.90 bits per heavy atom. The Kier molecular flexibility index (Phi) is 3.72. The quantitative estimate of drug-likeness (QED) is 0.854. The van der Waals surface area contributed by atoms with E-state index in [1.165, 1.54) is 30.4 Å². The van der Waals surface area contributed by atoms with Crippen LogP contribution < -0.4 is 5.32 Å². The smallest absolute Gasteiger partial charge is 0.146 e. The molecule has 0 fully saturated rings. The minimum absolute atomic E-state index is 0.158. The van der Waals surface area contributed by atoms with Crippen molar-refractivity contribution in [2.24, 2.45) is 0 Å². The third-order valence-electron chi connectivity index (χ3n) is 4.16. The maximum absolute atomic E-state index is 13.8. The van der Waals surface area contributed by atoms with E-state index >= 15 is 0 Å². The monoisotopic (exact) mass is 269 g/mol. The summed E-state index contributed by atoms with van der Waals surface area (Å²) in [4.78, 5) is 0. The fourth-order valence-electron chi connectivity index (χ4n) is 3.06. The number of anilines is 1. The molecule has 2 aromatic carbocycles. The van der Waals surface area contributed by atoms with E-state index in [1.54, 1.807) is 6.07 Å². The Balaban J connectivity index is 1.73. The summed E-state index contributed by atoms with van der Waals surface area (Å²) in [5, 5.41) is 3.28. The van der Waals surface area contributed by atoms with Crippen molar-refractivity contribution in [3.05, 3.63) is 65.0 Å². The van der Waals surface area contributed by atoms with Crippen LogP contribution in [-0.2, 0) is 6.42 Å². The summed E-state index contributed by atoms with van der Waals surface area (Å²) in [6.07, 6.45) is 3.57. The molecule has 1 atom stereocenters. The number of nitrogens with one attached hydrogen (secondary N) is 1. The highest BCUT2D eigenvalue weighted by molar-refractivity contribution is 5.47. The lowest BCUT2D eigenvalue weighted by molar-refractivity contribution is 0.568. The third-order valence-corrected chi connectivity index (χ3v) is 4.16. The van der Waals surface area contributed by atoms with Crippen LogP contribution in [0.15, 0.2) is 42.5 Å². The van der Waals surface area contributed by atoms with Crippen molar-refractivity contribution >= 4 is 5.69 Å². The van der Waals surface area contributed by atoms with Gasteiger partial charge in [0.25, 0.3) is 0 Å². The first-order valence-corrected chi connectivity index (χ1v) is 7.32. The average Bonchev–Trinajstić information content (AvgIpc) is 2.46. The van der Waals surface area contributed by atoms with Crippen molar-refractivity contribution in [1.82, 2.24) is 0 Å². The van der Waals surface area contributed by atoms with E-state index in [4.69, 9.17) is 0 Å². The molecular weight excluding hydrogens is 249 g/mol. The Morgan fingerprint density at radius 1 is 1.20 bits per heavy atom. The zero-order valence-electron chi connectivity index (χ0n) is 11.8. The second-order valence-corrected chi connectivity index (χ2v) is 5.65. The first-order chi connectivity index (χ1) is 9.74. The first kappa shape index (κ1) is 13.2. The molecule has 1 N–H and O–H groups in total. The van der Waals surface area contributed by atoms with Crippen molar-refractivity contribution in [2.45, 2.75) is 32.1 Å². The van der Waals surface area contributed by atoms with Crippen LogP contribution in [0.3, 0.4) is 0 Å². The Labute approximate surface area is 119 Å². The molecule has 2 aromatic rings. The van der Waals surface area contributed by atoms with Crippen molar-refractivity contribution in [1.29, 1.82) is 0 Å². The van der Waals surface area contributed by atoms with Crippen LogP contribution in [0.2, 0.25) is 0 Å². The molecule has 1 aliphatic carbocycles. The number of halogens is 1. The molecule has 0 bridgehead atoms. The zero-order chi connectivity index (χ0) is 13.9. The summed E-state index contributed by atoms with van der Waals surface area (Å²) in [6, 6.07) is 14.0. The van der Waals surface area contributed by atoms with E-state index < -0.39 is 0 Å². The van der Waals surface area contributed by atoms with Crippen LogP contribution in [0.1, 0.15) is 35.4 Å². The summed E-state index contributed by atoms with van der Waals surface area (Å²) >= 11 is 0. The van der Waals surface area contributed by atoms with Crippen LogP contribution >= 0.6 is 0 Å². The van der Waals surface area contributed by atoms with Crippen LogP contribution in [0.5, 0.6) is 0 Å². The van der Waals surface area contributed by atoms with Gasteiger partial charge < -0.3 is 5.32 Å². The van der Waals surface area contributed by atoms with Gasteiger partial charge in [0.05, 0.1) is 5.69 Å². The first-order valence-electron chi connectivity index (χ1n) is 7.32. The van der Waals surface area contributed by atoms with Gasteiger partial charge in [0.1, 0.15) is 5.82 Å². The summed E-state index contributed by atoms with van der Waals surface area (Å²) < 4.78 is 13.8. The van der Waals surface area contributed by atoms with E-state index in [9.17, 15) is 4.39 Å². The molecule has 1 aliphatic rings. The molecule has 0 aromatic heterocycles. The zero-order valence-corrected chi connectivity index (χ0v) is 11.8. The molecule has 3 rings (SSSR count). The maximum atomic E-state index is 13.8. The van der Waals surface area contributed by atoms with Gasteiger partial charge in [-0.05, 0) is 55.0 Å². The normalized spacial score (nSPS) is 17.6. The average molecular weight is 269 g/mol. The van der Waals surface area contributed by atoms with Gasteiger partial charge in [-0.15, -0.1) is 0 Å². The minimum atomic E-state index is -0.158. The molecule has 1 unspecified atom stereocenters. The topological polar surface area (TPSA) is 12.0 Å². The van der Waals surface area contributed by atoms with Crippen molar-refractivity contribution in [3.63, 3.8) is 0 Å². The van der Waals surface area contributed by atoms with E-state index in [2.05, 4.69) is 29.6 Å². The predicted molar refractivity (Wildman–Crippen MR) is 81.7 cm³/mol. The molecule has 1 nitrogen and oxygen atoms in total. The summed E-state index contributed by atoms with van der Waals surface area (Å²) in [6.45, 7) is 2.71. The number of rotatable bonds is 3. The number of hydrogen-bond acceptors (Lipinski definition) is 1. The number of benzene rings is 2. The second kappa shape index (κ2) is 5.66. The van der Waals surface area contributed by atoms with Crippen molar-refractivity contribution < 1.29 is 4.39 Å². The van der Waals surface area contributed by atoms with Gasteiger partial charge in [0.2, 0.25) is 0 Å². The summed E-state index contributed by atoms with van der Waals surface area (Å²) in [5.41, 5.74) is 4.45. The lowest BCUT2D eigenvalue weighted by Crippen LogP contribution is -2.18. The SMILES string of the molecule is Cc1ccc(NCC2CCCc3ccccc32)c(F)c1. The van der Waals surface area contributed by atoms with Crippen molar-refractivity contribution in [3.8, 4) is 0 Å². The highest BCUT2D eigenvalue weighted by Crippen LogP contribution is 2.31. The van der Waals surface area contributed by atoms with E-state index in [-0.39, 0.29) is 5.82 Å². The molecule has 0 heterocycles. The summed E-state index contributed by atoms with van der Waals surface area (Å²) in [5.74, 6) is 0.328. The van der Waals surface area contributed by atoms with Gasteiger partial charge >= 0.3 is 0 Å². The molecule has 0 aliphatic heterocycles. The predicted octanol–water partition coefficient (Wildman–Crippen LogP) is 4.67. The highest BCUT2D eigenvalue weighted by Gasteiger charge is 2.19.